The molecule has 0 aliphatic carbocycles. The predicted octanol–water partition coefficient (Wildman–Crippen LogP) is 3.88. The number of likely N-dealkylation sites (tertiary alicyclic amines) is 1. The van der Waals surface area contributed by atoms with Gasteiger partial charge >= 0.3 is 0 Å². The predicted molar refractivity (Wildman–Crippen MR) is 125 cm³/mol. The number of methoxy groups -OCH3 is 1. The number of carbonyl (C=O) groups excluding carboxylic acids is 2. The summed E-state index contributed by atoms with van der Waals surface area (Å²) >= 11 is 0. The highest BCUT2D eigenvalue weighted by atomic mass is 16.5. The number of rotatable bonds is 11. The number of ether oxygens (including phenoxy) is 3. The normalized spacial score (nSPS) is 17.1. The summed E-state index contributed by atoms with van der Waals surface area (Å²) in [5, 5.41) is 11.1. The third kappa shape index (κ3) is 5.32. The van der Waals surface area contributed by atoms with E-state index >= 15 is 0 Å². The van der Waals surface area contributed by atoms with E-state index < -0.39 is 17.7 Å². The van der Waals surface area contributed by atoms with E-state index in [4.69, 9.17) is 14.2 Å². The van der Waals surface area contributed by atoms with Gasteiger partial charge in [0.2, 0.25) is 0 Å². The molecule has 1 N–H and O–H groups in total. The number of aliphatic hydroxyl groups is 1. The number of aliphatic hydroxyl groups excluding tert-OH is 1. The molecule has 7 nitrogen and oxygen atoms in total. The van der Waals surface area contributed by atoms with E-state index in [1.807, 2.05) is 0 Å². The Hall–Kier alpha value is -3.84. The molecule has 0 unspecified atom stereocenters. The van der Waals surface area contributed by atoms with Crippen LogP contribution in [0.2, 0.25) is 0 Å². The summed E-state index contributed by atoms with van der Waals surface area (Å²) in [6, 6.07) is 12.9. The molecule has 2 aromatic rings. The van der Waals surface area contributed by atoms with Crippen LogP contribution >= 0.6 is 0 Å². The summed E-state index contributed by atoms with van der Waals surface area (Å²) in [6.45, 7) is 8.39. The van der Waals surface area contributed by atoms with Crippen LogP contribution < -0.4 is 9.47 Å². The lowest BCUT2D eigenvalue weighted by molar-refractivity contribution is -0.140. The molecule has 1 saturated heterocycles. The molecule has 172 valence electrons. The number of hydrogen-bond acceptors (Lipinski definition) is 6. The summed E-state index contributed by atoms with van der Waals surface area (Å²) < 4.78 is 16.1. The fraction of sp³-hybridized carbons (Fsp3) is 0.231. The first-order valence-corrected chi connectivity index (χ1v) is 10.5. The number of nitrogens with zero attached hydrogens (tertiary/aromatic N) is 1. The molecule has 7 heteroatoms. The number of ketones is 1. The molecule has 1 heterocycles. The van der Waals surface area contributed by atoms with Gasteiger partial charge in [0.25, 0.3) is 11.7 Å². The van der Waals surface area contributed by atoms with Gasteiger partial charge in [0.1, 0.15) is 30.5 Å². The first-order valence-electron chi connectivity index (χ1n) is 10.5. The van der Waals surface area contributed by atoms with Gasteiger partial charge in [-0.25, -0.2) is 0 Å². The zero-order chi connectivity index (χ0) is 23.8. The van der Waals surface area contributed by atoms with E-state index in [0.29, 0.717) is 35.8 Å². The maximum Gasteiger partial charge on any atom is 0.295 e. The summed E-state index contributed by atoms with van der Waals surface area (Å²) in [5.74, 6) is -0.453. The van der Waals surface area contributed by atoms with Crippen molar-refractivity contribution in [1.29, 1.82) is 0 Å². The topological polar surface area (TPSA) is 85.3 Å². The molecule has 2 aromatic carbocycles. The van der Waals surface area contributed by atoms with Crippen molar-refractivity contribution in [3.63, 3.8) is 0 Å². The number of carbonyl (C=O) groups is 2. The largest absolute Gasteiger partial charge is 0.507 e. The second-order valence-electron chi connectivity index (χ2n) is 7.28. The fourth-order valence-corrected chi connectivity index (χ4v) is 3.57. The van der Waals surface area contributed by atoms with Crippen LogP contribution in [-0.4, -0.2) is 55.2 Å². The van der Waals surface area contributed by atoms with Crippen LogP contribution in [0.15, 0.2) is 79.4 Å². The van der Waals surface area contributed by atoms with Gasteiger partial charge in [-0.1, -0.05) is 37.4 Å². The number of Topliss-reactive ketones (excluding diaryl/α,β-unsaturated/α-hetero) is 1. The van der Waals surface area contributed by atoms with Crippen molar-refractivity contribution in [2.45, 2.75) is 6.04 Å². The summed E-state index contributed by atoms with van der Waals surface area (Å²) in [4.78, 5) is 27.2. The van der Waals surface area contributed by atoms with E-state index in [2.05, 4.69) is 13.2 Å². The highest BCUT2D eigenvalue weighted by Crippen LogP contribution is 2.39. The van der Waals surface area contributed by atoms with E-state index in [0.717, 1.165) is 0 Å². The highest BCUT2D eigenvalue weighted by molar-refractivity contribution is 6.46. The zero-order valence-corrected chi connectivity index (χ0v) is 18.5. The standard InChI is InChI=1S/C26H27NO6/c1-4-15-32-20-10-6-18(7-11-20)23-22(25(29)26(30)27(23)14-17-31-3)24(28)19-8-12-21(13-9-19)33-16-5-2/h4-13,23,28H,1-2,14-17H2,3H3/t23-/m0/s1. The fourth-order valence-electron chi connectivity index (χ4n) is 3.57. The molecule has 1 fully saturated rings. The molecule has 33 heavy (non-hydrogen) atoms. The van der Waals surface area contributed by atoms with Crippen molar-refractivity contribution in [3.05, 3.63) is 90.5 Å². The van der Waals surface area contributed by atoms with E-state index in [1.54, 1.807) is 60.7 Å². The van der Waals surface area contributed by atoms with E-state index in [1.165, 1.54) is 12.0 Å². The third-order valence-corrected chi connectivity index (χ3v) is 5.14. The Morgan fingerprint density at radius 1 is 0.970 bits per heavy atom. The minimum absolute atomic E-state index is 0.0237. The number of benzene rings is 2. The molecule has 0 radical (unpaired) electrons. The lowest BCUT2D eigenvalue weighted by Gasteiger charge is -2.25. The van der Waals surface area contributed by atoms with Crippen molar-refractivity contribution in [2.24, 2.45) is 0 Å². The van der Waals surface area contributed by atoms with Gasteiger partial charge < -0.3 is 24.2 Å². The summed E-state index contributed by atoms with van der Waals surface area (Å²) in [5.41, 5.74) is 1.10. The summed E-state index contributed by atoms with van der Waals surface area (Å²) in [6.07, 6.45) is 3.27. The molecule has 0 aromatic heterocycles. The van der Waals surface area contributed by atoms with E-state index in [-0.39, 0.29) is 24.5 Å². The Morgan fingerprint density at radius 2 is 1.52 bits per heavy atom. The Morgan fingerprint density at radius 3 is 2.03 bits per heavy atom. The smallest absolute Gasteiger partial charge is 0.295 e. The van der Waals surface area contributed by atoms with Crippen molar-refractivity contribution in [1.82, 2.24) is 4.90 Å². The van der Waals surface area contributed by atoms with Crippen molar-refractivity contribution in [2.75, 3.05) is 33.5 Å². The molecule has 1 aliphatic heterocycles. The molecule has 0 saturated carbocycles. The minimum atomic E-state index is -0.759. The van der Waals surface area contributed by atoms with E-state index in [9.17, 15) is 14.7 Å². The Kier molecular flexibility index (Phi) is 8.05. The molecule has 3 rings (SSSR count). The van der Waals surface area contributed by atoms with Gasteiger partial charge in [0.05, 0.1) is 18.2 Å². The lowest BCUT2D eigenvalue weighted by atomic mass is 9.95. The minimum Gasteiger partial charge on any atom is -0.507 e. The van der Waals surface area contributed by atoms with Crippen molar-refractivity contribution >= 4 is 17.4 Å². The SMILES string of the molecule is C=CCOc1ccc(C(O)=C2C(=O)C(=O)N(CCOC)[C@H]2c2ccc(OCC=C)cc2)cc1. The van der Waals surface area contributed by atoms with Crippen LogP contribution in [-0.2, 0) is 14.3 Å². The van der Waals surface area contributed by atoms with Gasteiger partial charge in [-0.2, -0.15) is 0 Å². The Bertz CT molecular complexity index is 1040. The summed E-state index contributed by atoms with van der Waals surface area (Å²) in [7, 11) is 1.52. The van der Waals surface area contributed by atoms with Gasteiger partial charge in [-0.3, -0.25) is 9.59 Å². The quantitative estimate of drug-likeness (QED) is 0.243. The lowest BCUT2D eigenvalue weighted by Crippen LogP contribution is -2.32. The molecule has 0 spiro atoms. The second-order valence-corrected chi connectivity index (χ2v) is 7.28. The van der Waals surface area contributed by atoms with Gasteiger partial charge in [-0.05, 0) is 42.0 Å². The van der Waals surface area contributed by atoms with Crippen LogP contribution in [0, 0.1) is 0 Å². The van der Waals surface area contributed by atoms with Crippen LogP contribution in [0.5, 0.6) is 11.5 Å². The number of hydrogen-bond donors (Lipinski definition) is 1. The van der Waals surface area contributed by atoms with Gasteiger partial charge in [-0.15, -0.1) is 0 Å². The first kappa shape index (κ1) is 23.8. The van der Waals surface area contributed by atoms with Crippen LogP contribution in [0.1, 0.15) is 17.2 Å². The second kappa shape index (κ2) is 11.2. The van der Waals surface area contributed by atoms with Crippen molar-refractivity contribution < 1.29 is 28.9 Å². The maximum atomic E-state index is 13.0. The average Bonchev–Trinajstić information content (AvgIpc) is 3.10. The molecule has 1 aliphatic rings. The van der Waals surface area contributed by atoms with Gasteiger partial charge in [0, 0.05) is 19.2 Å². The third-order valence-electron chi connectivity index (χ3n) is 5.14. The first-order chi connectivity index (χ1) is 16.0. The Labute approximate surface area is 193 Å². The highest BCUT2D eigenvalue weighted by Gasteiger charge is 2.45. The zero-order valence-electron chi connectivity index (χ0n) is 18.5. The van der Waals surface area contributed by atoms with Crippen LogP contribution in [0.4, 0.5) is 0 Å². The molecular formula is C26H27NO6. The van der Waals surface area contributed by atoms with Crippen LogP contribution in [0.25, 0.3) is 5.76 Å². The Balaban J connectivity index is 2.02. The monoisotopic (exact) mass is 449 g/mol. The average molecular weight is 450 g/mol. The maximum absolute atomic E-state index is 13.0. The van der Waals surface area contributed by atoms with Gasteiger partial charge in [0.15, 0.2) is 0 Å². The molecule has 1 atom stereocenters. The number of amides is 1. The molecule has 0 bridgehead atoms. The van der Waals surface area contributed by atoms with Crippen LogP contribution in [0.3, 0.4) is 0 Å². The molecular weight excluding hydrogens is 422 g/mol. The molecule has 1 amide bonds. The van der Waals surface area contributed by atoms with Crippen molar-refractivity contribution in [3.8, 4) is 11.5 Å².